The topological polar surface area (TPSA) is 113 Å². The van der Waals surface area contributed by atoms with Crippen molar-refractivity contribution >= 4 is 40.8 Å². The quantitative estimate of drug-likeness (QED) is 0.413. The Labute approximate surface area is 236 Å². The molecule has 1 aliphatic carbocycles. The minimum absolute atomic E-state index is 0.0750. The Bertz CT molecular complexity index is 1340. The van der Waals surface area contributed by atoms with Crippen LogP contribution < -0.4 is 16.0 Å². The lowest BCUT2D eigenvalue weighted by Crippen LogP contribution is -2.68. The van der Waals surface area contributed by atoms with E-state index in [1.165, 1.54) is 6.07 Å². The first kappa shape index (κ1) is 26.9. The van der Waals surface area contributed by atoms with Crippen LogP contribution in [0.2, 0.25) is 10.2 Å². The van der Waals surface area contributed by atoms with Crippen LogP contribution in [0, 0.1) is 11.2 Å². The summed E-state index contributed by atoms with van der Waals surface area (Å²) in [5, 5.41) is 19.1. The number of amides is 2. The molecule has 0 unspecified atom stereocenters. The number of hydrogen-bond acceptors (Lipinski definition) is 6. The summed E-state index contributed by atoms with van der Waals surface area (Å²) in [6, 6.07) is 6.85. The molecule has 2 saturated heterocycles. The number of ether oxygens (including phenoxy) is 1. The number of halogens is 3. The second-order valence-corrected chi connectivity index (χ2v) is 12.9. The summed E-state index contributed by atoms with van der Waals surface area (Å²) in [7, 11) is 0. The van der Waals surface area contributed by atoms with Crippen molar-refractivity contribution < 1.29 is 23.8 Å². The molecule has 1 aromatic carbocycles. The van der Waals surface area contributed by atoms with Gasteiger partial charge in [0.05, 0.1) is 36.4 Å². The average molecular weight is 577 g/mol. The number of nitrogens with zero attached hydrogens (tertiary/aromatic N) is 1. The molecular weight excluding hydrogens is 546 g/mol. The molecule has 3 fully saturated rings. The summed E-state index contributed by atoms with van der Waals surface area (Å²) in [5.74, 6) is -1.95. The van der Waals surface area contributed by atoms with E-state index in [0.717, 1.165) is 0 Å². The summed E-state index contributed by atoms with van der Waals surface area (Å²) >= 11 is 12.4. The molecule has 1 saturated carbocycles. The van der Waals surface area contributed by atoms with Gasteiger partial charge in [-0.15, -0.1) is 0 Å². The molecule has 208 valence electrons. The molecule has 11 heteroatoms. The monoisotopic (exact) mass is 576 g/mol. The van der Waals surface area contributed by atoms with Gasteiger partial charge in [0.25, 0.3) is 0 Å². The third kappa shape index (κ3) is 4.00. The molecule has 6 rings (SSSR count). The van der Waals surface area contributed by atoms with Crippen LogP contribution in [0.5, 0.6) is 0 Å². The number of rotatable bonds is 4. The predicted molar refractivity (Wildman–Crippen MR) is 144 cm³/mol. The Balaban J connectivity index is 1.49. The van der Waals surface area contributed by atoms with Crippen molar-refractivity contribution in [1.82, 2.24) is 15.6 Å². The molecule has 39 heavy (non-hydrogen) atoms. The van der Waals surface area contributed by atoms with Crippen LogP contribution in [0.3, 0.4) is 0 Å². The number of nitrogens with one attached hydrogen (secondary N) is 3. The summed E-state index contributed by atoms with van der Waals surface area (Å²) in [6.45, 7) is 4.41. The lowest BCUT2D eigenvalue weighted by atomic mass is 9.46. The number of aliphatic hydroxyl groups excluding tert-OH is 1. The van der Waals surface area contributed by atoms with Gasteiger partial charge in [-0.25, -0.2) is 9.37 Å². The number of anilines is 1. The first-order valence-electron chi connectivity index (χ1n) is 13.2. The fraction of sp³-hybridized carbons (Fsp3) is 0.536. The molecule has 0 radical (unpaired) electrons. The molecule has 2 spiro atoms. The number of fused-ring (bicyclic) bond motifs is 3. The lowest BCUT2D eigenvalue weighted by Gasteiger charge is -2.58. The zero-order valence-corrected chi connectivity index (χ0v) is 23.2. The van der Waals surface area contributed by atoms with E-state index in [9.17, 15) is 14.7 Å². The van der Waals surface area contributed by atoms with Gasteiger partial charge < -0.3 is 20.5 Å². The maximum atomic E-state index is 15.9. The zero-order valence-electron chi connectivity index (χ0n) is 21.7. The second-order valence-electron chi connectivity index (χ2n) is 12.1. The molecular formula is C28H31Cl2FN4O4. The van der Waals surface area contributed by atoms with Crippen molar-refractivity contribution in [3.8, 4) is 0 Å². The van der Waals surface area contributed by atoms with Crippen molar-refractivity contribution in [2.45, 2.75) is 74.6 Å². The third-order valence-corrected chi connectivity index (χ3v) is 9.44. The van der Waals surface area contributed by atoms with Gasteiger partial charge in [0.2, 0.25) is 11.8 Å². The summed E-state index contributed by atoms with van der Waals surface area (Å²) in [4.78, 5) is 32.7. The van der Waals surface area contributed by atoms with Crippen LogP contribution in [0.15, 0.2) is 30.3 Å². The molecule has 4 heterocycles. The van der Waals surface area contributed by atoms with Crippen LogP contribution >= 0.6 is 23.2 Å². The molecule has 4 N–H and O–H groups in total. The maximum Gasteiger partial charge on any atom is 0.238 e. The summed E-state index contributed by atoms with van der Waals surface area (Å²) in [5.41, 5.74) is -1.51. The van der Waals surface area contributed by atoms with Gasteiger partial charge in [-0.2, -0.15) is 0 Å². The Hall–Kier alpha value is -2.30. The van der Waals surface area contributed by atoms with E-state index >= 15 is 4.39 Å². The highest BCUT2D eigenvalue weighted by molar-refractivity contribution is 6.31. The minimum atomic E-state index is -1.34. The van der Waals surface area contributed by atoms with Crippen molar-refractivity contribution in [2.75, 3.05) is 18.5 Å². The highest BCUT2D eigenvalue weighted by Gasteiger charge is 2.77. The highest BCUT2D eigenvalue weighted by Crippen LogP contribution is 2.68. The minimum Gasteiger partial charge on any atom is -0.394 e. The van der Waals surface area contributed by atoms with Crippen LogP contribution in [0.25, 0.3) is 0 Å². The lowest BCUT2D eigenvalue weighted by molar-refractivity contribution is -0.128. The van der Waals surface area contributed by atoms with Crippen molar-refractivity contribution in [2.24, 2.45) is 5.41 Å². The fourth-order valence-electron chi connectivity index (χ4n) is 7.71. The predicted octanol–water partition coefficient (Wildman–Crippen LogP) is 3.69. The third-order valence-electron chi connectivity index (χ3n) is 8.94. The first-order valence-corrected chi connectivity index (χ1v) is 14.0. The summed E-state index contributed by atoms with van der Waals surface area (Å²) < 4.78 is 21.5. The smallest absolute Gasteiger partial charge is 0.238 e. The van der Waals surface area contributed by atoms with E-state index in [2.05, 4.69) is 34.8 Å². The van der Waals surface area contributed by atoms with Crippen LogP contribution in [-0.4, -0.2) is 58.8 Å². The number of aromatic nitrogens is 1. The number of pyridine rings is 1. The van der Waals surface area contributed by atoms with Crippen molar-refractivity contribution in [1.29, 1.82) is 0 Å². The van der Waals surface area contributed by atoms with E-state index in [0.29, 0.717) is 37.1 Å². The Morgan fingerprint density at radius 1 is 1.23 bits per heavy atom. The number of aliphatic hydroxyl groups is 1. The van der Waals surface area contributed by atoms with Crippen LogP contribution in [0.1, 0.15) is 56.6 Å². The largest absolute Gasteiger partial charge is 0.394 e. The standard InChI is InChI=1S/C28H31Cl2FN4O4/c1-26(2)12-27(13-26)28(17-8-9-19(30)33-23(17)34-25(28)38)20(16-4-3-5-18(29)21(16)31)22(35-27)24(37)32-14-6-7-15(10-36)39-11-14/h3-5,8-9,14-15,20,22,35-36H,6-7,10-13H2,1-2H3,(H,32,37)(H,33,34,38)/t14-,15+,20+,22-,28-/m1/s1. The molecule has 2 aromatic rings. The van der Waals surface area contributed by atoms with Gasteiger partial charge in [0, 0.05) is 17.0 Å². The van der Waals surface area contributed by atoms with Gasteiger partial charge in [-0.05, 0) is 48.8 Å². The Morgan fingerprint density at radius 2 is 2.00 bits per heavy atom. The van der Waals surface area contributed by atoms with Gasteiger partial charge in [0.1, 0.15) is 22.2 Å². The van der Waals surface area contributed by atoms with Crippen molar-refractivity contribution in [3.63, 3.8) is 0 Å². The Kier molecular flexibility index (Phi) is 6.47. The fourth-order valence-corrected chi connectivity index (χ4v) is 8.04. The van der Waals surface area contributed by atoms with Gasteiger partial charge in [-0.1, -0.05) is 55.2 Å². The average Bonchev–Trinajstić information content (AvgIpc) is 3.33. The molecule has 3 aliphatic heterocycles. The molecule has 0 bridgehead atoms. The normalized spacial score (nSPS) is 32.1. The van der Waals surface area contributed by atoms with Crippen molar-refractivity contribution in [3.05, 3.63) is 57.5 Å². The Morgan fingerprint density at radius 3 is 2.67 bits per heavy atom. The maximum absolute atomic E-state index is 15.9. The van der Waals surface area contributed by atoms with E-state index in [1.54, 1.807) is 24.3 Å². The SMILES string of the molecule is CC1(C)CC2(C1)N[C@@H](C(=O)N[C@@H]1CC[C@@H](CO)OC1)[C@H](c1cccc(Cl)c1F)[C@]21C(=O)Nc2nc(Cl)ccc21. The van der Waals surface area contributed by atoms with E-state index in [1.807, 2.05) is 0 Å². The van der Waals surface area contributed by atoms with E-state index in [-0.39, 0.29) is 58.3 Å². The summed E-state index contributed by atoms with van der Waals surface area (Å²) in [6.07, 6.45) is 2.16. The molecule has 1 aromatic heterocycles. The van der Waals surface area contributed by atoms with Gasteiger partial charge in [0.15, 0.2) is 0 Å². The first-order chi connectivity index (χ1) is 18.5. The second kappa shape index (κ2) is 9.38. The molecule has 5 atom stereocenters. The highest BCUT2D eigenvalue weighted by atomic mass is 35.5. The number of benzene rings is 1. The number of hydrogen-bond donors (Lipinski definition) is 4. The molecule has 8 nitrogen and oxygen atoms in total. The van der Waals surface area contributed by atoms with Gasteiger partial charge in [-0.3, -0.25) is 14.9 Å². The number of carbonyl (C=O) groups is 2. The van der Waals surface area contributed by atoms with Crippen LogP contribution in [0.4, 0.5) is 10.2 Å². The van der Waals surface area contributed by atoms with Crippen LogP contribution in [-0.2, 0) is 19.7 Å². The van der Waals surface area contributed by atoms with E-state index in [4.69, 9.17) is 27.9 Å². The molecule has 2 amide bonds. The van der Waals surface area contributed by atoms with Gasteiger partial charge >= 0.3 is 0 Å². The molecule has 4 aliphatic rings. The zero-order chi connectivity index (χ0) is 27.7. The number of carbonyl (C=O) groups excluding carboxylic acids is 2. The van der Waals surface area contributed by atoms with E-state index < -0.39 is 28.7 Å².